The largest absolute Gasteiger partial charge is 0.385 e. The van der Waals surface area contributed by atoms with Crippen LogP contribution in [0.3, 0.4) is 0 Å². The van der Waals surface area contributed by atoms with Crippen molar-refractivity contribution in [1.82, 2.24) is 4.90 Å². The summed E-state index contributed by atoms with van der Waals surface area (Å²) in [6, 6.07) is 8.06. The van der Waals surface area contributed by atoms with Gasteiger partial charge in [0.05, 0.1) is 6.54 Å². The number of amides is 1. The summed E-state index contributed by atoms with van der Waals surface area (Å²) < 4.78 is 5.00. The predicted octanol–water partition coefficient (Wildman–Crippen LogP) is 2.89. The number of carbonyl (C=O) groups excluding carboxylic acids is 1. The van der Waals surface area contributed by atoms with Gasteiger partial charge < -0.3 is 10.1 Å². The van der Waals surface area contributed by atoms with Gasteiger partial charge in [-0.1, -0.05) is 32.9 Å². The Morgan fingerprint density at radius 3 is 2.38 bits per heavy atom. The third-order valence-corrected chi connectivity index (χ3v) is 3.34. The van der Waals surface area contributed by atoms with E-state index in [9.17, 15) is 4.79 Å². The Kier molecular flexibility index (Phi) is 6.85. The van der Waals surface area contributed by atoms with E-state index in [0.717, 1.165) is 25.3 Å². The lowest BCUT2D eigenvalue weighted by atomic mass is 9.87. The molecule has 0 bridgehead atoms. The summed E-state index contributed by atoms with van der Waals surface area (Å²) in [7, 11) is 3.63. The highest BCUT2D eigenvalue weighted by atomic mass is 16.5. The van der Waals surface area contributed by atoms with Gasteiger partial charge in [0.25, 0.3) is 0 Å². The molecule has 118 valence electrons. The van der Waals surface area contributed by atoms with Crippen LogP contribution in [0.15, 0.2) is 24.3 Å². The topological polar surface area (TPSA) is 41.6 Å². The van der Waals surface area contributed by atoms with Crippen LogP contribution in [-0.4, -0.2) is 44.7 Å². The van der Waals surface area contributed by atoms with Crippen molar-refractivity contribution in [1.29, 1.82) is 0 Å². The first kappa shape index (κ1) is 17.7. The molecule has 0 aromatic heterocycles. The molecule has 0 radical (unpaired) electrons. The van der Waals surface area contributed by atoms with Gasteiger partial charge >= 0.3 is 0 Å². The van der Waals surface area contributed by atoms with Crippen LogP contribution in [0.25, 0.3) is 0 Å². The van der Waals surface area contributed by atoms with Crippen LogP contribution < -0.4 is 5.32 Å². The SMILES string of the molecule is COCCCN(C)CC(=O)Nc1ccc(C(C)(C)C)cc1. The quantitative estimate of drug-likeness (QED) is 0.786. The zero-order chi connectivity index (χ0) is 15.9. The van der Waals surface area contributed by atoms with Crippen LogP contribution in [0.2, 0.25) is 0 Å². The van der Waals surface area contributed by atoms with Crippen molar-refractivity contribution in [3.05, 3.63) is 29.8 Å². The summed E-state index contributed by atoms with van der Waals surface area (Å²) in [6.07, 6.45) is 0.931. The molecule has 1 aromatic carbocycles. The highest BCUT2D eigenvalue weighted by molar-refractivity contribution is 5.92. The molecule has 21 heavy (non-hydrogen) atoms. The Balaban J connectivity index is 2.44. The minimum Gasteiger partial charge on any atom is -0.385 e. The van der Waals surface area contributed by atoms with Crippen molar-refractivity contribution in [3.63, 3.8) is 0 Å². The highest BCUT2D eigenvalue weighted by Gasteiger charge is 2.13. The molecule has 1 rings (SSSR count). The van der Waals surface area contributed by atoms with Crippen molar-refractivity contribution in [2.24, 2.45) is 0 Å². The van der Waals surface area contributed by atoms with Crippen LogP contribution in [-0.2, 0) is 14.9 Å². The number of benzene rings is 1. The van der Waals surface area contributed by atoms with Crippen molar-refractivity contribution in [3.8, 4) is 0 Å². The Morgan fingerprint density at radius 1 is 1.24 bits per heavy atom. The van der Waals surface area contributed by atoms with Gasteiger partial charge in [0, 0.05) is 25.9 Å². The number of hydrogen-bond acceptors (Lipinski definition) is 3. The predicted molar refractivity (Wildman–Crippen MR) is 87.8 cm³/mol. The normalized spacial score (nSPS) is 11.7. The minimum atomic E-state index is 0.0124. The second kappa shape index (κ2) is 8.15. The van der Waals surface area contributed by atoms with Gasteiger partial charge in [-0.15, -0.1) is 0 Å². The van der Waals surface area contributed by atoms with Gasteiger partial charge in [-0.2, -0.15) is 0 Å². The number of ether oxygens (including phenoxy) is 1. The number of rotatable bonds is 7. The van der Waals surface area contributed by atoms with E-state index in [2.05, 4.69) is 38.2 Å². The molecule has 0 aliphatic heterocycles. The van der Waals surface area contributed by atoms with Crippen LogP contribution in [0.4, 0.5) is 5.69 Å². The molecule has 4 nitrogen and oxygen atoms in total. The van der Waals surface area contributed by atoms with Gasteiger partial charge in [0.2, 0.25) is 5.91 Å². The summed E-state index contributed by atoms with van der Waals surface area (Å²) in [5.41, 5.74) is 2.24. The van der Waals surface area contributed by atoms with Crippen LogP contribution in [0.1, 0.15) is 32.8 Å². The lowest BCUT2D eigenvalue weighted by molar-refractivity contribution is -0.117. The smallest absolute Gasteiger partial charge is 0.238 e. The standard InChI is InChI=1S/C17H28N2O2/c1-17(2,3)14-7-9-15(10-8-14)18-16(20)13-19(4)11-6-12-21-5/h7-10H,6,11-13H2,1-5H3,(H,18,20). The third-order valence-electron chi connectivity index (χ3n) is 3.34. The Bertz CT molecular complexity index is 435. The van der Waals surface area contributed by atoms with Gasteiger partial charge in [-0.05, 0) is 36.6 Å². The lowest BCUT2D eigenvalue weighted by Crippen LogP contribution is -2.31. The summed E-state index contributed by atoms with van der Waals surface area (Å²) in [6.45, 7) is 8.50. The van der Waals surface area contributed by atoms with Crippen molar-refractivity contribution in [2.75, 3.05) is 39.2 Å². The first-order valence-electron chi connectivity index (χ1n) is 7.41. The molecule has 0 spiro atoms. The molecule has 0 unspecified atom stereocenters. The fraction of sp³-hybridized carbons (Fsp3) is 0.588. The number of methoxy groups -OCH3 is 1. The average Bonchev–Trinajstić information content (AvgIpc) is 2.38. The van der Waals surface area contributed by atoms with Gasteiger partial charge in [0.15, 0.2) is 0 Å². The Labute approximate surface area is 128 Å². The third kappa shape index (κ3) is 6.74. The maximum absolute atomic E-state index is 12.0. The molecule has 0 aliphatic rings. The van der Waals surface area contributed by atoms with Crippen LogP contribution >= 0.6 is 0 Å². The van der Waals surface area contributed by atoms with E-state index in [4.69, 9.17) is 4.74 Å². The Hall–Kier alpha value is -1.39. The molecule has 1 aromatic rings. The van der Waals surface area contributed by atoms with Crippen molar-refractivity contribution < 1.29 is 9.53 Å². The zero-order valence-electron chi connectivity index (χ0n) is 13.9. The zero-order valence-corrected chi connectivity index (χ0v) is 13.9. The van der Waals surface area contributed by atoms with E-state index in [1.165, 1.54) is 5.56 Å². The average molecular weight is 292 g/mol. The number of anilines is 1. The number of nitrogens with zero attached hydrogens (tertiary/aromatic N) is 1. The maximum atomic E-state index is 12.0. The number of hydrogen-bond donors (Lipinski definition) is 1. The number of likely N-dealkylation sites (N-methyl/N-ethyl adjacent to an activating group) is 1. The second-order valence-electron chi connectivity index (χ2n) is 6.46. The second-order valence-corrected chi connectivity index (χ2v) is 6.46. The van der Waals surface area contributed by atoms with Gasteiger partial charge in [-0.3, -0.25) is 9.69 Å². The molecule has 0 saturated heterocycles. The van der Waals surface area contributed by atoms with E-state index >= 15 is 0 Å². The summed E-state index contributed by atoms with van der Waals surface area (Å²) >= 11 is 0. The first-order valence-corrected chi connectivity index (χ1v) is 7.41. The van der Waals surface area contributed by atoms with E-state index in [-0.39, 0.29) is 11.3 Å². The number of nitrogens with one attached hydrogen (secondary N) is 1. The Morgan fingerprint density at radius 2 is 1.86 bits per heavy atom. The molecule has 4 heteroatoms. The van der Waals surface area contributed by atoms with E-state index in [1.54, 1.807) is 7.11 Å². The summed E-state index contributed by atoms with van der Waals surface area (Å²) in [5, 5.41) is 2.93. The van der Waals surface area contributed by atoms with Crippen molar-refractivity contribution >= 4 is 11.6 Å². The maximum Gasteiger partial charge on any atom is 0.238 e. The van der Waals surface area contributed by atoms with E-state index in [0.29, 0.717) is 6.54 Å². The highest BCUT2D eigenvalue weighted by Crippen LogP contribution is 2.23. The lowest BCUT2D eigenvalue weighted by Gasteiger charge is -2.19. The molecule has 0 saturated carbocycles. The molecule has 1 N–H and O–H groups in total. The molecule has 0 atom stereocenters. The fourth-order valence-corrected chi connectivity index (χ4v) is 2.06. The van der Waals surface area contributed by atoms with Crippen LogP contribution in [0, 0.1) is 0 Å². The monoisotopic (exact) mass is 292 g/mol. The van der Waals surface area contributed by atoms with Crippen LogP contribution in [0.5, 0.6) is 0 Å². The summed E-state index contributed by atoms with van der Waals surface area (Å²) in [4.78, 5) is 14.0. The molecule has 1 amide bonds. The van der Waals surface area contributed by atoms with E-state index in [1.807, 2.05) is 24.1 Å². The summed E-state index contributed by atoms with van der Waals surface area (Å²) in [5.74, 6) is 0.0124. The molecule has 0 fully saturated rings. The van der Waals surface area contributed by atoms with Gasteiger partial charge in [0.1, 0.15) is 0 Å². The fourth-order valence-electron chi connectivity index (χ4n) is 2.06. The molecular weight excluding hydrogens is 264 g/mol. The van der Waals surface area contributed by atoms with Crippen molar-refractivity contribution in [2.45, 2.75) is 32.6 Å². The molecular formula is C17H28N2O2. The van der Waals surface area contributed by atoms with E-state index < -0.39 is 0 Å². The minimum absolute atomic E-state index is 0.0124. The van der Waals surface area contributed by atoms with Gasteiger partial charge in [-0.25, -0.2) is 0 Å². The molecule has 0 heterocycles. The molecule has 0 aliphatic carbocycles. The number of carbonyl (C=O) groups is 1. The first-order chi connectivity index (χ1) is 9.82.